The molecule has 268 valence electrons. The molecule has 0 bridgehead atoms. The Morgan fingerprint density at radius 3 is 1.38 bits per heavy atom. The third-order valence-corrected chi connectivity index (χ3v) is 7.08. The van der Waals surface area contributed by atoms with Gasteiger partial charge in [-0.1, -0.05) is 24.3 Å². The van der Waals surface area contributed by atoms with Crippen LogP contribution in [0.2, 0.25) is 0 Å². The van der Waals surface area contributed by atoms with E-state index in [2.05, 4.69) is 0 Å². The van der Waals surface area contributed by atoms with Crippen molar-refractivity contribution in [2.75, 3.05) is 0 Å². The number of fused-ring (bicyclic) bond motifs is 2. The molecule has 0 saturated heterocycles. The predicted octanol–water partition coefficient (Wildman–Crippen LogP) is 5.22. The monoisotopic (exact) mass is 721 g/mol. The predicted molar refractivity (Wildman–Crippen MR) is 182 cm³/mol. The summed E-state index contributed by atoms with van der Waals surface area (Å²) in [5.41, 5.74) is 1.58. The van der Waals surface area contributed by atoms with Crippen LogP contribution < -0.4 is 0 Å². The summed E-state index contributed by atoms with van der Waals surface area (Å²) in [5, 5.41) is 28.2. The maximum atomic E-state index is 12.6. The van der Waals surface area contributed by atoms with E-state index in [4.69, 9.17) is 10.00 Å². The molecule has 0 spiro atoms. The van der Waals surface area contributed by atoms with Crippen molar-refractivity contribution in [2.24, 2.45) is 0 Å². The fraction of sp³-hybridized carbons (Fsp3) is 0.111. The summed E-state index contributed by atoms with van der Waals surface area (Å²) in [5.74, 6) is -3.48. The van der Waals surface area contributed by atoms with Crippen LogP contribution >= 0.6 is 0 Å². The molecule has 53 heavy (non-hydrogen) atoms. The zero-order valence-corrected chi connectivity index (χ0v) is 28.0. The van der Waals surface area contributed by atoms with Gasteiger partial charge in [-0.3, -0.25) is 53.8 Å². The summed E-state index contributed by atoms with van der Waals surface area (Å²) in [7, 11) is 0. The fourth-order valence-electron chi connectivity index (χ4n) is 4.76. The molecule has 6 rings (SSSR count). The van der Waals surface area contributed by atoms with Crippen LogP contribution in [0.1, 0.15) is 84.4 Å². The summed E-state index contributed by atoms with van der Waals surface area (Å²) in [6.45, 7) is 3.78. The Morgan fingerprint density at radius 1 is 0.698 bits per heavy atom. The van der Waals surface area contributed by atoms with E-state index in [0.29, 0.717) is 27.9 Å². The summed E-state index contributed by atoms with van der Waals surface area (Å²) in [6, 6.07) is 24.9. The van der Waals surface area contributed by atoms with E-state index >= 15 is 0 Å². The number of aldehydes is 1. The molecule has 1 unspecified atom stereocenters. The number of non-ortho nitro benzene ring substituents is 2. The van der Waals surface area contributed by atoms with E-state index in [9.17, 15) is 53.8 Å². The van der Waals surface area contributed by atoms with Crippen molar-refractivity contribution in [3.05, 3.63) is 151 Å². The van der Waals surface area contributed by atoms with Crippen LogP contribution in [0.5, 0.6) is 0 Å². The summed E-state index contributed by atoms with van der Waals surface area (Å²) in [6.07, 6.45) is -0.658. The molecule has 4 aromatic rings. The largest absolute Gasteiger partial charge is 0.437 e. The Bertz CT molecular complexity index is 2090. The fourth-order valence-corrected chi connectivity index (χ4v) is 4.76. The Labute approximate surface area is 299 Å². The second-order valence-electron chi connectivity index (χ2n) is 10.5. The molecule has 0 aromatic heterocycles. The van der Waals surface area contributed by atoms with Crippen molar-refractivity contribution in [3.8, 4) is 6.07 Å². The first-order valence-corrected chi connectivity index (χ1v) is 15.1. The average molecular weight is 722 g/mol. The number of amides is 5. The Balaban J connectivity index is 0.000000227. The van der Waals surface area contributed by atoms with Gasteiger partial charge < -0.3 is 4.74 Å². The minimum Gasteiger partial charge on any atom is -0.437 e. The van der Waals surface area contributed by atoms with Crippen LogP contribution in [0.4, 0.5) is 11.4 Å². The molecule has 0 fully saturated rings. The standard InChI is InChI=1S/C17H12N2O6.C10H7NO3.C7H5NO3.C2H3N/c1-10(20)25-17(11-6-8-12(9-7-11)19(23)24)18-15(21)13-4-2-3-5-14(13)16(18)22;1-6(12)11-9(13)7-4-2-3-5-8(7)10(11)14;9-5-6-1-3-7(4-2-6)8(10)11;1-2-3/h2-9,17H,1H3;2-5H,1H3;1-5H;1H3. The molecule has 0 radical (unpaired) electrons. The van der Waals surface area contributed by atoms with Gasteiger partial charge in [0, 0.05) is 56.2 Å². The lowest BCUT2D eigenvalue weighted by Crippen LogP contribution is -2.36. The number of ether oxygens (including phenoxy) is 1. The Morgan fingerprint density at radius 2 is 1.06 bits per heavy atom. The number of rotatable bonds is 6. The van der Waals surface area contributed by atoms with Crippen molar-refractivity contribution >= 4 is 53.2 Å². The van der Waals surface area contributed by atoms with Crippen LogP contribution in [0, 0.1) is 31.6 Å². The highest BCUT2D eigenvalue weighted by molar-refractivity contribution is 6.28. The molecule has 1 atom stereocenters. The first kappa shape index (κ1) is 39.7. The Kier molecular flexibility index (Phi) is 13.3. The van der Waals surface area contributed by atoms with E-state index < -0.39 is 51.6 Å². The second kappa shape index (κ2) is 17.8. The van der Waals surface area contributed by atoms with E-state index in [1.165, 1.54) is 74.5 Å². The zero-order chi connectivity index (χ0) is 39.4. The van der Waals surface area contributed by atoms with Gasteiger partial charge in [0.2, 0.25) is 12.1 Å². The number of nitro groups is 2. The number of nitrogens with zero attached hydrogens (tertiary/aromatic N) is 5. The minimum absolute atomic E-state index is 0.00407. The van der Waals surface area contributed by atoms with E-state index in [1.807, 2.05) is 0 Å². The van der Waals surface area contributed by atoms with Crippen molar-refractivity contribution in [1.82, 2.24) is 9.80 Å². The topological polar surface area (TPSA) is 245 Å². The van der Waals surface area contributed by atoms with Crippen molar-refractivity contribution in [2.45, 2.75) is 27.0 Å². The Hall–Kier alpha value is -7.74. The minimum atomic E-state index is -1.30. The maximum Gasteiger partial charge on any atom is 0.304 e. The number of imide groups is 4. The number of hydrogen-bond donors (Lipinski definition) is 0. The molecule has 4 aromatic carbocycles. The molecule has 0 N–H and O–H groups in total. The number of nitriles is 1. The van der Waals surface area contributed by atoms with Gasteiger partial charge in [0.25, 0.3) is 35.0 Å². The molecule has 0 saturated carbocycles. The van der Waals surface area contributed by atoms with Gasteiger partial charge >= 0.3 is 5.97 Å². The molecule has 5 amide bonds. The van der Waals surface area contributed by atoms with Gasteiger partial charge in [-0.25, -0.2) is 9.80 Å². The quantitative estimate of drug-likeness (QED) is 0.0816. The van der Waals surface area contributed by atoms with E-state index in [-0.39, 0.29) is 28.1 Å². The van der Waals surface area contributed by atoms with Crippen LogP contribution in [-0.4, -0.2) is 61.4 Å². The van der Waals surface area contributed by atoms with Crippen molar-refractivity contribution < 1.29 is 48.1 Å². The third-order valence-electron chi connectivity index (χ3n) is 7.08. The SMILES string of the molecule is CC#N.CC(=O)N1C(=O)c2ccccc2C1=O.CC(=O)OC(c1ccc([N+](=O)[O-])cc1)N1C(=O)c2ccccc2C1=O.O=Cc1ccc([N+](=O)[O-])cc1. The van der Waals surface area contributed by atoms with Gasteiger partial charge in [0.1, 0.15) is 6.29 Å². The summed E-state index contributed by atoms with van der Waals surface area (Å²) >= 11 is 0. The molecular formula is C36H27N5O12. The van der Waals surface area contributed by atoms with Gasteiger partial charge in [-0.05, 0) is 48.5 Å². The second-order valence-corrected chi connectivity index (χ2v) is 10.5. The molecule has 17 nitrogen and oxygen atoms in total. The van der Waals surface area contributed by atoms with Crippen molar-refractivity contribution in [1.29, 1.82) is 5.26 Å². The van der Waals surface area contributed by atoms with Crippen molar-refractivity contribution in [3.63, 3.8) is 0 Å². The molecule has 2 aliphatic rings. The summed E-state index contributed by atoms with van der Waals surface area (Å²) in [4.78, 5) is 102. The molecule has 0 aliphatic carbocycles. The highest BCUT2D eigenvalue weighted by Gasteiger charge is 2.42. The van der Waals surface area contributed by atoms with Gasteiger partial charge in [-0.2, -0.15) is 5.26 Å². The highest BCUT2D eigenvalue weighted by atomic mass is 16.6. The maximum absolute atomic E-state index is 12.6. The number of esters is 1. The van der Waals surface area contributed by atoms with Gasteiger partial charge in [-0.15, -0.1) is 0 Å². The lowest BCUT2D eigenvalue weighted by atomic mass is 10.1. The zero-order valence-electron chi connectivity index (χ0n) is 28.0. The number of hydrogen-bond acceptors (Lipinski definition) is 13. The lowest BCUT2D eigenvalue weighted by Gasteiger charge is -2.25. The van der Waals surface area contributed by atoms with Crippen LogP contribution in [0.3, 0.4) is 0 Å². The molecule has 2 aliphatic heterocycles. The van der Waals surface area contributed by atoms with E-state index in [0.717, 1.165) is 11.8 Å². The summed E-state index contributed by atoms with van der Waals surface area (Å²) < 4.78 is 5.17. The highest BCUT2D eigenvalue weighted by Crippen LogP contribution is 2.33. The third kappa shape index (κ3) is 9.29. The number of carbonyl (C=O) groups is 7. The first-order valence-electron chi connectivity index (χ1n) is 15.1. The van der Waals surface area contributed by atoms with Crippen LogP contribution in [-0.2, 0) is 14.3 Å². The molecular weight excluding hydrogens is 694 g/mol. The van der Waals surface area contributed by atoms with Crippen LogP contribution in [0.25, 0.3) is 0 Å². The lowest BCUT2D eigenvalue weighted by molar-refractivity contribution is -0.385. The normalized spacial score (nSPS) is 12.6. The van der Waals surface area contributed by atoms with Crippen LogP contribution in [0.15, 0.2) is 97.1 Å². The van der Waals surface area contributed by atoms with Gasteiger partial charge in [0.05, 0.1) is 38.2 Å². The van der Waals surface area contributed by atoms with E-state index in [1.54, 1.807) is 42.5 Å². The average Bonchev–Trinajstić information content (AvgIpc) is 3.55. The first-order chi connectivity index (χ1) is 25.2. The number of nitro benzene ring substituents is 2. The molecule has 17 heteroatoms. The number of carbonyl (C=O) groups excluding carboxylic acids is 7. The smallest absolute Gasteiger partial charge is 0.304 e. The number of benzene rings is 4. The molecule has 2 heterocycles. The van der Waals surface area contributed by atoms with Gasteiger partial charge in [0.15, 0.2) is 0 Å².